The summed E-state index contributed by atoms with van der Waals surface area (Å²) in [6.45, 7) is 4.48. The summed E-state index contributed by atoms with van der Waals surface area (Å²) >= 11 is 0. The maximum Gasteiger partial charge on any atom is 0.163 e. The molecule has 4 rings (SSSR count). The van der Waals surface area contributed by atoms with E-state index in [1.165, 1.54) is 0 Å². The summed E-state index contributed by atoms with van der Waals surface area (Å²) in [5, 5.41) is 3.47. The lowest BCUT2D eigenvalue weighted by molar-refractivity contribution is 0.0905. The Hall–Kier alpha value is -2.60. The van der Waals surface area contributed by atoms with Gasteiger partial charge in [-0.05, 0) is 37.2 Å². The highest BCUT2D eigenvalue weighted by molar-refractivity contribution is 5.56. The van der Waals surface area contributed by atoms with Crippen LogP contribution < -0.4 is 29.2 Å². The van der Waals surface area contributed by atoms with Gasteiger partial charge in [0.25, 0.3) is 0 Å². The molecule has 2 aliphatic rings. The van der Waals surface area contributed by atoms with E-state index in [-0.39, 0.29) is 6.10 Å². The van der Waals surface area contributed by atoms with Crippen LogP contribution in [-0.4, -0.2) is 52.6 Å². The van der Waals surface area contributed by atoms with Crippen molar-refractivity contribution in [1.82, 2.24) is 5.32 Å². The maximum atomic E-state index is 5.96. The van der Waals surface area contributed by atoms with Crippen LogP contribution in [0.15, 0.2) is 42.5 Å². The Bertz CT molecular complexity index is 768. The Morgan fingerprint density at radius 1 is 0.963 bits per heavy atom. The van der Waals surface area contributed by atoms with Gasteiger partial charge in [-0.15, -0.1) is 0 Å². The molecule has 0 amide bonds. The van der Waals surface area contributed by atoms with Crippen molar-refractivity contribution in [3.8, 4) is 23.0 Å². The standard InChI is InChI=1S/C21H26N2O4/c1-23(16-7-8-19-21(13-16)25-12-11-24-19)10-4-9-22-14-17-15-26-18-5-2-3-6-20(18)27-17/h2-3,5-8,13,17,22H,4,9-12,14-15H2,1H3. The second-order valence-corrected chi connectivity index (χ2v) is 6.80. The van der Waals surface area contributed by atoms with Crippen LogP contribution >= 0.6 is 0 Å². The number of para-hydroxylation sites is 2. The Kier molecular flexibility index (Phi) is 5.53. The first-order valence-corrected chi connectivity index (χ1v) is 9.49. The molecule has 6 heteroatoms. The van der Waals surface area contributed by atoms with Gasteiger partial charge in [0.2, 0.25) is 0 Å². The molecule has 1 atom stereocenters. The number of rotatable bonds is 7. The topological polar surface area (TPSA) is 52.2 Å². The minimum absolute atomic E-state index is 0.0513. The van der Waals surface area contributed by atoms with Gasteiger partial charge in [-0.1, -0.05) is 12.1 Å². The smallest absolute Gasteiger partial charge is 0.163 e. The number of hydrogen-bond donors (Lipinski definition) is 1. The maximum absolute atomic E-state index is 5.96. The quantitative estimate of drug-likeness (QED) is 0.757. The van der Waals surface area contributed by atoms with E-state index in [4.69, 9.17) is 18.9 Å². The Morgan fingerprint density at radius 2 is 1.74 bits per heavy atom. The first-order chi connectivity index (χ1) is 13.3. The van der Waals surface area contributed by atoms with Gasteiger partial charge >= 0.3 is 0 Å². The third kappa shape index (κ3) is 4.39. The molecule has 0 aromatic heterocycles. The van der Waals surface area contributed by atoms with Crippen molar-refractivity contribution >= 4 is 5.69 Å². The number of nitrogens with zero attached hydrogens (tertiary/aromatic N) is 1. The molecule has 1 N–H and O–H groups in total. The van der Waals surface area contributed by atoms with E-state index in [2.05, 4.69) is 23.3 Å². The first kappa shape index (κ1) is 17.8. The summed E-state index contributed by atoms with van der Waals surface area (Å²) in [7, 11) is 2.10. The summed E-state index contributed by atoms with van der Waals surface area (Å²) in [6, 6.07) is 13.9. The minimum atomic E-state index is 0.0513. The van der Waals surface area contributed by atoms with Crippen molar-refractivity contribution in [1.29, 1.82) is 0 Å². The number of ether oxygens (including phenoxy) is 4. The van der Waals surface area contributed by atoms with Crippen LogP contribution in [0.4, 0.5) is 5.69 Å². The van der Waals surface area contributed by atoms with E-state index in [1.54, 1.807) is 0 Å². The van der Waals surface area contributed by atoms with Crippen LogP contribution in [0, 0.1) is 0 Å². The van der Waals surface area contributed by atoms with Crippen LogP contribution in [0.1, 0.15) is 6.42 Å². The Balaban J connectivity index is 1.17. The Labute approximate surface area is 160 Å². The first-order valence-electron chi connectivity index (χ1n) is 9.49. The van der Waals surface area contributed by atoms with Crippen molar-refractivity contribution in [2.24, 2.45) is 0 Å². The van der Waals surface area contributed by atoms with Crippen molar-refractivity contribution in [3.05, 3.63) is 42.5 Å². The zero-order valence-electron chi connectivity index (χ0n) is 15.6. The highest BCUT2D eigenvalue weighted by atomic mass is 16.6. The summed E-state index contributed by atoms with van der Waals surface area (Å²) in [5.74, 6) is 3.32. The van der Waals surface area contributed by atoms with Gasteiger partial charge in [0.05, 0.1) is 0 Å². The number of benzene rings is 2. The van der Waals surface area contributed by atoms with Crippen molar-refractivity contribution in [2.45, 2.75) is 12.5 Å². The fraction of sp³-hybridized carbons (Fsp3) is 0.429. The van der Waals surface area contributed by atoms with E-state index in [0.29, 0.717) is 19.8 Å². The SMILES string of the molecule is CN(CCCNCC1COc2ccccc2O1)c1ccc2c(c1)OCCO2. The number of anilines is 1. The number of nitrogens with one attached hydrogen (secondary N) is 1. The molecule has 0 aliphatic carbocycles. The molecule has 0 spiro atoms. The molecule has 1 unspecified atom stereocenters. The molecule has 2 aromatic carbocycles. The zero-order valence-corrected chi connectivity index (χ0v) is 15.6. The van der Waals surface area contributed by atoms with E-state index < -0.39 is 0 Å². The molecule has 27 heavy (non-hydrogen) atoms. The van der Waals surface area contributed by atoms with Gasteiger partial charge in [0, 0.05) is 31.9 Å². The highest BCUT2D eigenvalue weighted by Crippen LogP contribution is 2.33. The average Bonchev–Trinajstić information content (AvgIpc) is 2.73. The molecule has 2 aromatic rings. The normalized spacial score (nSPS) is 17.4. The molecule has 144 valence electrons. The molecule has 0 saturated carbocycles. The zero-order chi connectivity index (χ0) is 18.5. The van der Waals surface area contributed by atoms with Gasteiger partial charge in [0.15, 0.2) is 23.0 Å². The van der Waals surface area contributed by atoms with Gasteiger partial charge in [-0.2, -0.15) is 0 Å². The average molecular weight is 370 g/mol. The van der Waals surface area contributed by atoms with E-state index in [1.807, 2.05) is 36.4 Å². The minimum Gasteiger partial charge on any atom is -0.486 e. The molecule has 6 nitrogen and oxygen atoms in total. The van der Waals surface area contributed by atoms with Crippen LogP contribution in [-0.2, 0) is 0 Å². The van der Waals surface area contributed by atoms with Crippen molar-refractivity contribution < 1.29 is 18.9 Å². The molecule has 0 bridgehead atoms. The van der Waals surface area contributed by atoms with Crippen LogP contribution in [0.3, 0.4) is 0 Å². The summed E-state index contributed by atoms with van der Waals surface area (Å²) in [6.07, 6.45) is 1.09. The molecular formula is C21H26N2O4. The lowest BCUT2D eigenvalue weighted by Crippen LogP contribution is -2.39. The lowest BCUT2D eigenvalue weighted by atomic mass is 10.2. The molecule has 0 saturated heterocycles. The lowest BCUT2D eigenvalue weighted by Gasteiger charge is -2.27. The third-order valence-electron chi connectivity index (χ3n) is 4.75. The van der Waals surface area contributed by atoms with Crippen LogP contribution in [0.5, 0.6) is 23.0 Å². The van der Waals surface area contributed by atoms with Gasteiger partial charge < -0.3 is 29.2 Å². The van der Waals surface area contributed by atoms with E-state index >= 15 is 0 Å². The number of fused-ring (bicyclic) bond motifs is 2. The van der Waals surface area contributed by atoms with Crippen molar-refractivity contribution in [2.75, 3.05) is 51.4 Å². The Morgan fingerprint density at radius 3 is 2.63 bits per heavy atom. The van der Waals surface area contributed by atoms with Gasteiger partial charge in [0.1, 0.15) is 25.9 Å². The third-order valence-corrected chi connectivity index (χ3v) is 4.75. The van der Waals surface area contributed by atoms with Crippen molar-refractivity contribution in [3.63, 3.8) is 0 Å². The van der Waals surface area contributed by atoms with Gasteiger partial charge in [-0.25, -0.2) is 0 Å². The van der Waals surface area contributed by atoms with Gasteiger partial charge in [-0.3, -0.25) is 0 Å². The summed E-state index contributed by atoms with van der Waals surface area (Å²) in [5.41, 5.74) is 1.14. The summed E-state index contributed by atoms with van der Waals surface area (Å²) in [4.78, 5) is 2.23. The second kappa shape index (κ2) is 8.39. The predicted molar refractivity (Wildman–Crippen MR) is 105 cm³/mol. The number of hydrogen-bond acceptors (Lipinski definition) is 6. The predicted octanol–water partition coefficient (Wildman–Crippen LogP) is 2.71. The van der Waals surface area contributed by atoms with Crippen LogP contribution in [0.2, 0.25) is 0 Å². The monoisotopic (exact) mass is 370 g/mol. The van der Waals surface area contributed by atoms with E-state index in [0.717, 1.165) is 54.7 Å². The molecular weight excluding hydrogens is 344 g/mol. The second-order valence-electron chi connectivity index (χ2n) is 6.80. The fourth-order valence-electron chi connectivity index (χ4n) is 3.27. The molecule has 2 aliphatic heterocycles. The summed E-state index contributed by atoms with van der Waals surface area (Å²) < 4.78 is 22.9. The highest BCUT2D eigenvalue weighted by Gasteiger charge is 2.20. The molecule has 0 radical (unpaired) electrons. The molecule has 0 fully saturated rings. The molecule has 2 heterocycles. The van der Waals surface area contributed by atoms with Crippen LogP contribution in [0.25, 0.3) is 0 Å². The largest absolute Gasteiger partial charge is 0.486 e. The fourth-order valence-corrected chi connectivity index (χ4v) is 3.27. The van der Waals surface area contributed by atoms with E-state index in [9.17, 15) is 0 Å².